The molecule has 1 N–H and O–H groups in total. The lowest BCUT2D eigenvalue weighted by molar-refractivity contribution is 0.0599. The number of esters is 1. The van der Waals surface area contributed by atoms with Crippen molar-refractivity contribution in [3.05, 3.63) is 113 Å². The van der Waals surface area contributed by atoms with Crippen molar-refractivity contribution in [3.63, 3.8) is 0 Å². The molecule has 35 heavy (non-hydrogen) atoms. The van der Waals surface area contributed by atoms with Gasteiger partial charge < -0.3 is 14.8 Å². The largest absolute Gasteiger partial charge is 0.489 e. The van der Waals surface area contributed by atoms with Crippen LogP contribution in [0.1, 0.15) is 57.9 Å². The second-order valence-corrected chi connectivity index (χ2v) is 9.33. The SMILES string of the molecule is COC(=O)c1cc([C@H]2C[C@H](CN[C@H](C)c3cccc4ccccc34)Oc3ccccc32)ccc1C. The standard InChI is InChI=1S/C31H31NO3/c1-20-15-16-23(17-28(20)31(33)34-3)29-18-24(35-30-14-7-6-12-27(29)30)19-32-21(2)25-13-8-10-22-9-4-5-11-26(22)25/h4-17,21,24,29,32H,18-19H2,1-3H3/t21-,24-,29-/m1/s1. The van der Waals surface area contributed by atoms with E-state index in [2.05, 4.69) is 66.8 Å². The minimum atomic E-state index is -0.299. The molecular formula is C31H31NO3. The molecule has 0 unspecified atom stereocenters. The lowest BCUT2D eigenvalue weighted by atomic mass is 9.83. The molecule has 0 aromatic heterocycles. The van der Waals surface area contributed by atoms with Crippen LogP contribution < -0.4 is 10.1 Å². The Labute approximate surface area is 206 Å². The van der Waals surface area contributed by atoms with Crippen LogP contribution in [0.3, 0.4) is 0 Å². The van der Waals surface area contributed by atoms with Crippen molar-refractivity contribution >= 4 is 16.7 Å². The first-order valence-corrected chi connectivity index (χ1v) is 12.2. The number of hydrogen-bond donors (Lipinski definition) is 1. The third-order valence-corrected chi connectivity index (χ3v) is 7.10. The van der Waals surface area contributed by atoms with Crippen LogP contribution in [0.4, 0.5) is 0 Å². The fourth-order valence-electron chi connectivity index (χ4n) is 5.17. The highest BCUT2D eigenvalue weighted by atomic mass is 16.5. The number of ether oxygens (including phenoxy) is 2. The third-order valence-electron chi connectivity index (χ3n) is 7.10. The zero-order valence-electron chi connectivity index (χ0n) is 20.5. The van der Waals surface area contributed by atoms with Crippen LogP contribution in [0.15, 0.2) is 84.9 Å². The summed E-state index contributed by atoms with van der Waals surface area (Å²) in [6, 6.07) is 29.5. The van der Waals surface area contributed by atoms with E-state index in [0.717, 1.165) is 35.4 Å². The molecule has 1 aliphatic rings. The minimum Gasteiger partial charge on any atom is -0.489 e. The maximum absolute atomic E-state index is 12.3. The van der Waals surface area contributed by atoms with Gasteiger partial charge in [-0.05, 0) is 59.9 Å². The highest BCUT2D eigenvalue weighted by Gasteiger charge is 2.30. The number of rotatable bonds is 6. The first kappa shape index (κ1) is 23.1. The van der Waals surface area contributed by atoms with Gasteiger partial charge in [-0.2, -0.15) is 0 Å². The highest BCUT2D eigenvalue weighted by Crippen LogP contribution is 2.41. The zero-order valence-corrected chi connectivity index (χ0v) is 20.5. The zero-order chi connectivity index (χ0) is 24.4. The van der Waals surface area contributed by atoms with Crippen molar-refractivity contribution in [1.29, 1.82) is 0 Å². The van der Waals surface area contributed by atoms with E-state index >= 15 is 0 Å². The molecule has 0 saturated heterocycles. The Bertz CT molecular complexity index is 1360. The summed E-state index contributed by atoms with van der Waals surface area (Å²) in [5.41, 5.74) is 5.10. The Morgan fingerprint density at radius 2 is 1.80 bits per heavy atom. The number of methoxy groups -OCH3 is 1. The van der Waals surface area contributed by atoms with Crippen molar-refractivity contribution in [1.82, 2.24) is 5.32 Å². The molecule has 0 bridgehead atoms. The predicted molar refractivity (Wildman–Crippen MR) is 140 cm³/mol. The summed E-state index contributed by atoms with van der Waals surface area (Å²) in [5, 5.41) is 6.24. The molecule has 0 saturated carbocycles. The van der Waals surface area contributed by atoms with Gasteiger partial charge in [-0.1, -0.05) is 72.8 Å². The minimum absolute atomic E-state index is 0.00945. The van der Waals surface area contributed by atoms with Gasteiger partial charge >= 0.3 is 5.97 Å². The molecule has 3 atom stereocenters. The topological polar surface area (TPSA) is 47.6 Å². The molecule has 1 heterocycles. The van der Waals surface area contributed by atoms with Gasteiger partial charge in [0.05, 0.1) is 12.7 Å². The molecule has 0 radical (unpaired) electrons. The number of carbonyl (C=O) groups excluding carboxylic acids is 1. The van der Waals surface area contributed by atoms with Crippen LogP contribution >= 0.6 is 0 Å². The number of carbonyl (C=O) groups is 1. The molecule has 4 aromatic rings. The fraction of sp³-hybridized carbons (Fsp3) is 0.258. The summed E-state index contributed by atoms with van der Waals surface area (Å²) < 4.78 is 11.4. The summed E-state index contributed by atoms with van der Waals surface area (Å²) in [5.74, 6) is 0.754. The van der Waals surface area contributed by atoms with Gasteiger partial charge in [0.1, 0.15) is 11.9 Å². The third kappa shape index (κ3) is 4.67. The van der Waals surface area contributed by atoms with E-state index in [4.69, 9.17) is 9.47 Å². The van der Waals surface area contributed by atoms with Crippen LogP contribution in [0.25, 0.3) is 10.8 Å². The highest BCUT2D eigenvalue weighted by molar-refractivity contribution is 5.91. The average Bonchev–Trinajstić information content (AvgIpc) is 2.90. The van der Waals surface area contributed by atoms with E-state index in [-0.39, 0.29) is 24.0 Å². The van der Waals surface area contributed by atoms with E-state index < -0.39 is 0 Å². The molecule has 5 rings (SSSR count). The van der Waals surface area contributed by atoms with Crippen LogP contribution in [0.5, 0.6) is 5.75 Å². The Morgan fingerprint density at radius 1 is 1.03 bits per heavy atom. The molecule has 178 valence electrons. The first-order valence-electron chi connectivity index (χ1n) is 12.2. The Morgan fingerprint density at radius 3 is 2.66 bits per heavy atom. The number of hydrogen-bond acceptors (Lipinski definition) is 4. The van der Waals surface area contributed by atoms with Gasteiger partial charge in [0.15, 0.2) is 0 Å². The lowest BCUT2D eigenvalue weighted by Crippen LogP contribution is -2.37. The van der Waals surface area contributed by atoms with E-state index in [1.807, 2.05) is 37.3 Å². The van der Waals surface area contributed by atoms with Gasteiger partial charge in [0.2, 0.25) is 0 Å². The number of para-hydroxylation sites is 1. The molecule has 0 amide bonds. The normalized spacial score (nSPS) is 17.9. The average molecular weight is 466 g/mol. The Balaban J connectivity index is 1.39. The molecule has 4 aromatic carbocycles. The first-order chi connectivity index (χ1) is 17.0. The molecule has 0 fully saturated rings. The second-order valence-electron chi connectivity index (χ2n) is 9.33. The molecule has 4 nitrogen and oxygen atoms in total. The van der Waals surface area contributed by atoms with Crippen molar-refractivity contribution in [2.75, 3.05) is 13.7 Å². The Hall–Kier alpha value is -3.63. The van der Waals surface area contributed by atoms with Gasteiger partial charge in [0, 0.05) is 24.1 Å². The summed E-state index contributed by atoms with van der Waals surface area (Å²) in [4.78, 5) is 12.3. The van der Waals surface area contributed by atoms with Gasteiger partial charge in [-0.25, -0.2) is 4.79 Å². The van der Waals surface area contributed by atoms with Gasteiger partial charge in [-0.15, -0.1) is 0 Å². The molecule has 4 heteroatoms. The van der Waals surface area contributed by atoms with E-state index in [9.17, 15) is 4.79 Å². The molecule has 0 aliphatic carbocycles. The van der Waals surface area contributed by atoms with Gasteiger partial charge in [0.25, 0.3) is 0 Å². The number of aryl methyl sites for hydroxylation is 1. The van der Waals surface area contributed by atoms with E-state index in [1.54, 1.807) is 0 Å². The quantitative estimate of drug-likeness (QED) is 0.327. The van der Waals surface area contributed by atoms with E-state index in [1.165, 1.54) is 23.4 Å². The summed E-state index contributed by atoms with van der Waals surface area (Å²) in [6.45, 7) is 4.87. The smallest absolute Gasteiger partial charge is 0.338 e. The van der Waals surface area contributed by atoms with Crippen LogP contribution in [0, 0.1) is 6.92 Å². The lowest BCUT2D eigenvalue weighted by Gasteiger charge is -2.33. The second kappa shape index (κ2) is 9.93. The number of benzene rings is 4. The van der Waals surface area contributed by atoms with Crippen molar-refractivity contribution in [3.8, 4) is 5.75 Å². The maximum Gasteiger partial charge on any atom is 0.338 e. The van der Waals surface area contributed by atoms with Crippen molar-refractivity contribution in [2.24, 2.45) is 0 Å². The summed E-state index contributed by atoms with van der Waals surface area (Å²) in [6.07, 6.45) is 0.839. The maximum atomic E-state index is 12.3. The van der Waals surface area contributed by atoms with Crippen molar-refractivity contribution in [2.45, 2.75) is 38.3 Å². The predicted octanol–water partition coefficient (Wildman–Crippen LogP) is 6.57. The van der Waals surface area contributed by atoms with Crippen LogP contribution in [-0.4, -0.2) is 25.7 Å². The van der Waals surface area contributed by atoms with E-state index in [0.29, 0.717) is 5.56 Å². The van der Waals surface area contributed by atoms with Crippen LogP contribution in [0.2, 0.25) is 0 Å². The molecule has 0 spiro atoms. The summed E-state index contributed by atoms with van der Waals surface area (Å²) >= 11 is 0. The molecule has 1 aliphatic heterocycles. The number of nitrogens with one attached hydrogen (secondary N) is 1. The summed E-state index contributed by atoms with van der Waals surface area (Å²) in [7, 11) is 1.43. The fourth-order valence-corrected chi connectivity index (χ4v) is 5.17. The van der Waals surface area contributed by atoms with Crippen LogP contribution in [-0.2, 0) is 4.74 Å². The Kier molecular flexibility index (Phi) is 6.56. The van der Waals surface area contributed by atoms with Crippen molar-refractivity contribution < 1.29 is 14.3 Å². The number of fused-ring (bicyclic) bond motifs is 2. The van der Waals surface area contributed by atoms with Gasteiger partial charge in [-0.3, -0.25) is 0 Å². The monoisotopic (exact) mass is 465 g/mol. The molecular weight excluding hydrogens is 434 g/mol.